The molecule has 140 valence electrons. The summed E-state index contributed by atoms with van der Waals surface area (Å²) in [7, 11) is 0. The molecule has 27 heavy (non-hydrogen) atoms. The molecule has 2 heterocycles. The molecule has 1 aliphatic carbocycles. The molecule has 0 spiro atoms. The lowest BCUT2D eigenvalue weighted by atomic mass is 9.93. The normalized spacial score (nSPS) is 19.8. The second-order valence-electron chi connectivity index (χ2n) is 7.40. The Morgan fingerprint density at radius 2 is 1.74 bits per heavy atom. The van der Waals surface area contributed by atoms with Crippen molar-refractivity contribution in [3.63, 3.8) is 0 Å². The molecule has 1 aromatic carbocycles. The van der Waals surface area contributed by atoms with E-state index in [1.54, 1.807) is 0 Å². The second kappa shape index (κ2) is 7.43. The number of anilines is 2. The number of nitrogens with zero attached hydrogens (tertiary/aromatic N) is 2. The minimum absolute atomic E-state index is 0.208. The summed E-state index contributed by atoms with van der Waals surface area (Å²) >= 11 is 0. The molecule has 0 saturated heterocycles. The van der Waals surface area contributed by atoms with E-state index >= 15 is 0 Å². The first-order valence-electron chi connectivity index (χ1n) is 9.61. The molecule has 1 saturated carbocycles. The number of nitrogen functional groups attached to an aromatic ring is 1. The molecule has 0 unspecified atom stereocenters. The number of benzene rings is 1. The quantitative estimate of drug-likeness (QED) is 0.708. The molecule has 5 nitrogen and oxygen atoms in total. The van der Waals surface area contributed by atoms with Crippen LogP contribution in [0.1, 0.15) is 37.1 Å². The van der Waals surface area contributed by atoms with Crippen molar-refractivity contribution in [2.24, 2.45) is 0 Å². The van der Waals surface area contributed by atoms with E-state index in [-0.39, 0.29) is 6.10 Å². The van der Waals surface area contributed by atoms with Crippen LogP contribution in [-0.2, 0) is 0 Å². The number of nitrogens with one attached hydrogen (secondary N) is 1. The number of aromatic nitrogens is 2. The molecule has 0 amide bonds. The molecule has 0 atom stereocenters. The van der Waals surface area contributed by atoms with Gasteiger partial charge in [0.1, 0.15) is 11.6 Å². The van der Waals surface area contributed by atoms with Crippen molar-refractivity contribution in [2.45, 2.75) is 51.7 Å². The fourth-order valence-corrected chi connectivity index (χ4v) is 3.86. The summed E-state index contributed by atoms with van der Waals surface area (Å²) in [5.41, 5.74) is 9.83. The van der Waals surface area contributed by atoms with Crippen LogP contribution in [0.4, 0.5) is 11.5 Å². The number of ether oxygens (including phenoxy) is 1. The van der Waals surface area contributed by atoms with Crippen LogP contribution >= 0.6 is 0 Å². The molecular weight excluding hydrogens is 336 g/mol. The lowest BCUT2D eigenvalue weighted by molar-refractivity contribution is 0.152. The van der Waals surface area contributed by atoms with E-state index in [4.69, 9.17) is 10.5 Å². The van der Waals surface area contributed by atoms with Crippen molar-refractivity contribution in [1.82, 2.24) is 9.97 Å². The lowest BCUT2D eigenvalue weighted by Gasteiger charge is -2.30. The van der Waals surface area contributed by atoms with Crippen LogP contribution in [0.5, 0.6) is 5.75 Å². The number of fused-ring (bicyclic) bond motifs is 1. The number of nitrogens with two attached hydrogens (primary N) is 1. The number of hydrogen-bond acceptors (Lipinski definition) is 5. The van der Waals surface area contributed by atoms with Crippen LogP contribution in [0.25, 0.3) is 10.9 Å². The maximum atomic E-state index is 6.34. The molecule has 1 aliphatic rings. The van der Waals surface area contributed by atoms with Crippen molar-refractivity contribution >= 4 is 22.4 Å². The predicted octanol–water partition coefficient (Wildman–Crippen LogP) is 4.63. The number of rotatable bonds is 4. The van der Waals surface area contributed by atoms with Gasteiger partial charge in [-0.2, -0.15) is 0 Å². The standard InChI is InChI=1S/C22H26N4O/c1-14-5-3-8-21(25-14)26-16-9-11-17(12-10-16)27-20-7-4-6-19-22(20)18(23)13-15(2)24-19/h3-8,13,16-17H,9-12H2,1-2H3,(H2,23,24)(H,25,26). The van der Waals surface area contributed by atoms with E-state index in [1.165, 1.54) is 0 Å². The van der Waals surface area contributed by atoms with Crippen molar-refractivity contribution in [1.29, 1.82) is 0 Å². The van der Waals surface area contributed by atoms with Crippen molar-refractivity contribution in [3.8, 4) is 5.75 Å². The molecule has 4 rings (SSSR count). The second-order valence-corrected chi connectivity index (χ2v) is 7.40. The Morgan fingerprint density at radius 3 is 2.52 bits per heavy atom. The van der Waals surface area contributed by atoms with Gasteiger partial charge in [0.25, 0.3) is 0 Å². The first-order chi connectivity index (χ1) is 13.1. The third-order valence-corrected chi connectivity index (χ3v) is 5.16. The monoisotopic (exact) mass is 362 g/mol. The molecular formula is C22H26N4O. The van der Waals surface area contributed by atoms with E-state index in [9.17, 15) is 0 Å². The van der Waals surface area contributed by atoms with Gasteiger partial charge in [-0.25, -0.2) is 4.98 Å². The average molecular weight is 362 g/mol. The highest BCUT2D eigenvalue weighted by Gasteiger charge is 2.23. The largest absolute Gasteiger partial charge is 0.490 e. The summed E-state index contributed by atoms with van der Waals surface area (Å²) in [6.45, 7) is 3.98. The van der Waals surface area contributed by atoms with Gasteiger partial charge >= 0.3 is 0 Å². The minimum atomic E-state index is 0.208. The third-order valence-electron chi connectivity index (χ3n) is 5.16. The Balaban J connectivity index is 1.42. The molecule has 5 heteroatoms. The molecule has 2 aromatic heterocycles. The SMILES string of the molecule is Cc1cccc(NC2CCC(Oc3cccc4nc(C)cc(N)c34)CC2)n1. The van der Waals surface area contributed by atoms with Crippen LogP contribution in [0.15, 0.2) is 42.5 Å². The van der Waals surface area contributed by atoms with Gasteiger partial charge in [-0.3, -0.25) is 4.98 Å². The minimum Gasteiger partial charge on any atom is -0.490 e. The number of pyridine rings is 2. The Bertz CT molecular complexity index is 948. The van der Waals surface area contributed by atoms with Gasteiger partial charge in [-0.05, 0) is 69.9 Å². The maximum Gasteiger partial charge on any atom is 0.131 e. The zero-order valence-corrected chi connectivity index (χ0v) is 15.9. The van der Waals surface area contributed by atoms with E-state index < -0.39 is 0 Å². The summed E-state index contributed by atoms with van der Waals surface area (Å²) in [5, 5.41) is 4.48. The van der Waals surface area contributed by atoms with Crippen LogP contribution in [-0.4, -0.2) is 22.1 Å². The van der Waals surface area contributed by atoms with E-state index in [2.05, 4.69) is 15.3 Å². The summed E-state index contributed by atoms with van der Waals surface area (Å²) in [6.07, 6.45) is 4.37. The van der Waals surface area contributed by atoms with E-state index in [0.717, 1.165) is 65.2 Å². The lowest BCUT2D eigenvalue weighted by Crippen LogP contribution is -2.31. The third kappa shape index (κ3) is 3.97. The molecule has 3 N–H and O–H groups in total. The topological polar surface area (TPSA) is 73.1 Å². The van der Waals surface area contributed by atoms with Crippen molar-refractivity contribution in [3.05, 3.63) is 53.9 Å². The highest BCUT2D eigenvalue weighted by atomic mass is 16.5. The first kappa shape index (κ1) is 17.6. The molecule has 3 aromatic rings. The van der Waals surface area contributed by atoms with Gasteiger partial charge < -0.3 is 15.8 Å². The zero-order valence-electron chi connectivity index (χ0n) is 15.9. The molecule has 0 bridgehead atoms. The summed E-state index contributed by atoms with van der Waals surface area (Å²) in [6, 6.07) is 14.4. The van der Waals surface area contributed by atoms with Crippen LogP contribution < -0.4 is 15.8 Å². The molecule has 0 radical (unpaired) electrons. The predicted molar refractivity (Wildman–Crippen MR) is 110 cm³/mol. The van der Waals surface area contributed by atoms with E-state index in [1.807, 2.05) is 56.3 Å². The Labute approximate surface area is 160 Å². The number of hydrogen-bond donors (Lipinski definition) is 2. The van der Waals surface area contributed by atoms with Gasteiger partial charge in [0.05, 0.1) is 17.0 Å². The zero-order chi connectivity index (χ0) is 18.8. The van der Waals surface area contributed by atoms with Gasteiger partial charge in [0.15, 0.2) is 0 Å². The Hall–Kier alpha value is -2.82. The Kier molecular flexibility index (Phi) is 4.84. The van der Waals surface area contributed by atoms with Gasteiger partial charge in [-0.1, -0.05) is 12.1 Å². The first-order valence-corrected chi connectivity index (χ1v) is 9.61. The van der Waals surface area contributed by atoms with Gasteiger partial charge in [-0.15, -0.1) is 0 Å². The smallest absolute Gasteiger partial charge is 0.131 e. The van der Waals surface area contributed by atoms with Crippen LogP contribution in [0, 0.1) is 13.8 Å². The van der Waals surface area contributed by atoms with Gasteiger partial charge in [0.2, 0.25) is 0 Å². The average Bonchev–Trinajstić information content (AvgIpc) is 2.63. The fourth-order valence-electron chi connectivity index (χ4n) is 3.86. The molecule has 1 fully saturated rings. The fraction of sp³-hybridized carbons (Fsp3) is 0.364. The highest BCUT2D eigenvalue weighted by Crippen LogP contribution is 2.33. The summed E-state index contributed by atoms with van der Waals surface area (Å²) in [5.74, 6) is 1.80. The molecule has 0 aliphatic heterocycles. The number of aryl methyl sites for hydroxylation is 2. The van der Waals surface area contributed by atoms with Crippen molar-refractivity contribution in [2.75, 3.05) is 11.1 Å². The summed E-state index contributed by atoms with van der Waals surface area (Å²) in [4.78, 5) is 9.12. The van der Waals surface area contributed by atoms with Crippen LogP contribution in [0.2, 0.25) is 0 Å². The van der Waals surface area contributed by atoms with E-state index in [0.29, 0.717) is 6.04 Å². The Morgan fingerprint density at radius 1 is 0.963 bits per heavy atom. The maximum absolute atomic E-state index is 6.34. The highest BCUT2D eigenvalue weighted by molar-refractivity contribution is 5.95. The summed E-state index contributed by atoms with van der Waals surface area (Å²) < 4.78 is 6.34. The van der Waals surface area contributed by atoms with Gasteiger partial charge in [0, 0.05) is 23.1 Å². The van der Waals surface area contributed by atoms with Crippen LogP contribution in [0.3, 0.4) is 0 Å². The van der Waals surface area contributed by atoms with Crippen molar-refractivity contribution < 1.29 is 4.74 Å².